The van der Waals surface area contributed by atoms with Gasteiger partial charge in [-0.05, 0) is 19.3 Å². The predicted molar refractivity (Wildman–Crippen MR) is 67.6 cm³/mol. The fraction of sp³-hybridized carbons (Fsp3) is 0.667. The van der Waals surface area contributed by atoms with Gasteiger partial charge >= 0.3 is 0 Å². The van der Waals surface area contributed by atoms with E-state index in [1.807, 2.05) is 6.92 Å². The van der Waals surface area contributed by atoms with E-state index in [2.05, 4.69) is 10.3 Å². The van der Waals surface area contributed by atoms with Gasteiger partial charge in [0.05, 0.1) is 18.8 Å². The van der Waals surface area contributed by atoms with E-state index in [1.54, 1.807) is 17.0 Å². The second-order valence-corrected chi connectivity index (χ2v) is 4.79. The van der Waals surface area contributed by atoms with Crippen LogP contribution in [-0.2, 0) is 0 Å². The molecule has 1 aliphatic rings. The number of anilines is 1. The van der Waals surface area contributed by atoms with Gasteiger partial charge in [-0.2, -0.15) is 0 Å². The van der Waals surface area contributed by atoms with Gasteiger partial charge in [0.2, 0.25) is 0 Å². The van der Waals surface area contributed by atoms with E-state index in [0.717, 1.165) is 12.8 Å². The summed E-state index contributed by atoms with van der Waals surface area (Å²) in [6.07, 6.45) is 5.78. The van der Waals surface area contributed by atoms with Crippen molar-refractivity contribution < 1.29 is 10.2 Å². The molecule has 1 aliphatic carbocycles. The van der Waals surface area contributed by atoms with Crippen molar-refractivity contribution in [1.29, 1.82) is 0 Å². The van der Waals surface area contributed by atoms with Crippen LogP contribution in [0.15, 0.2) is 17.2 Å². The van der Waals surface area contributed by atoms with Gasteiger partial charge in [0.15, 0.2) is 5.82 Å². The van der Waals surface area contributed by atoms with Gasteiger partial charge in [0.1, 0.15) is 0 Å². The summed E-state index contributed by atoms with van der Waals surface area (Å²) in [6, 6.07) is 0.278. The summed E-state index contributed by atoms with van der Waals surface area (Å²) < 4.78 is 1.66. The number of nitrogens with zero attached hydrogens (tertiary/aromatic N) is 2. The minimum Gasteiger partial charge on any atom is -0.394 e. The van der Waals surface area contributed by atoms with Crippen molar-refractivity contribution in [2.75, 3.05) is 18.5 Å². The van der Waals surface area contributed by atoms with Gasteiger partial charge in [0.25, 0.3) is 5.56 Å². The summed E-state index contributed by atoms with van der Waals surface area (Å²) in [7, 11) is 0. The van der Waals surface area contributed by atoms with E-state index >= 15 is 0 Å². The molecule has 0 bridgehead atoms. The highest BCUT2D eigenvalue weighted by atomic mass is 16.3. The Bertz CT molecular complexity index is 456. The van der Waals surface area contributed by atoms with Crippen LogP contribution < -0.4 is 10.9 Å². The van der Waals surface area contributed by atoms with Crippen LogP contribution in [0.1, 0.15) is 32.2 Å². The molecule has 6 heteroatoms. The van der Waals surface area contributed by atoms with Crippen LogP contribution in [0.3, 0.4) is 0 Å². The third kappa shape index (κ3) is 2.39. The molecule has 0 saturated heterocycles. The van der Waals surface area contributed by atoms with Crippen molar-refractivity contribution >= 4 is 5.82 Å². The van der Waals surface area contributed by atoms with Crippen molar-refractivity contribution in [3.63, 3.8) is 0 Å². The molecule has 100 valence electrons. The van der Waals surface area contributed by atoms with E-state index in [-0.39, 0.29) is 30.6 Å². The molecule has 0 aliphatic heterocycles. The van der Waals surface area contributed by atoms with Gasteiger partial charge in [-0.1, -0.05) is 6.92 Å². The molecule has 6 nitrogen and oxygen atoms in total. The molecule has 2 rings (SSSR count). The first kappa shape index (κ1) is 13.0. The first-order valence-corrected chi connectivity index (χ1v) is 6.23. The van der Waals surface area contributed by atoms with Gasteiger partial charge in [-0.15, -0.1) is 0 Å². The third-order valence-electron chi connectivity index (χ3n) is 3.47. The Labute approximate surface area is 105 Å². The largest absolute Gasteiger partial charge is 0.394 e. The molecule has 0 atom stereocenters. The molecule has 0 radical (unpaired) electrons. The Hall–Kier alpha value is -1.40. The van der Waals surface area contributed by atoms with E-state index in [0.29, 0.717) is 6.42 Å². The monoisotopic (exact) mass is 253 g/mol. The summed E-state index contributed by atoms with van der Waals surface area (Å²) >= 11 is 0. The fourth-order valence-corrected chi connectivity index (χ4v) is 1.84. The Morgan fingerprint density at radius 1 is 1.50 bits per heavy atom. The fourth-order valence-electron chi connectivity index (χ4n) is 1.84. The second kappa shape index (κ2) is 5.07. The first-order valence-electron chi connectivity index (χ1n) is 6.23. The van der Waals surface area contributed by atoms with Crippen LogP contribution in [0.4, 0.5) is 5.82 Å². The number of aromatic nitrogens is 2. The Morgan fingerprint density at radius 2 is 2.17 bits per heavy atom. The van der Waals surface area contributed by atoms with Crippen molar-refractivity contribution in [3.05, 3.63) is 22.7 Å². The predicted octanol–water partition coefficient (Wildman–Crippen LogP) is 0.123. The lowest BCUT2D eigenvalue weighted by molar-refractivity contribution is 0.132. The lowest BCUT2D eigenvalue weighted by Gasteiger charge is -2.29. The van der Waals surface area contributed by atoms with Crippen molar-refractivity contribution in [1.82, 2.24) is 9.55 Å². The Balaban J connectivity index is 2.28. The van der Waals surface area contributed by atoms with Crippen molar-refractivity contribution in [2.45, 2.75) is 37.8 Å². The maximum absolute atomic E-state index is 12.2. The molecule has 0 amide bonds. The van der Waals surface area contributed by atoms with Crippen molar-refractivity contribution in [2.24, 2.45) is 0 Å². The van der Waals surface area contributed by atoms with E-state index in [4.69, 9.17) is 0 Å². The molecule has 0 aromatic carbocycles. The quantitative estimate of drug-likeness (QED) is 0.670. The van der Waals surface area contributed by atoms with Gasteiger partial charge in [-0.25, -0.2) is 4.98 Å². The number of rotatable bonds is 6. The first-order chi connectivity index (χ1) is 8.65. The standard InChI is InChI=1S/C12H19N3O3/c1-2-12(7-16,8-17)14-10-11(18)15(6-5-13-10)9-3-4-9/h5-6,9,16-17H,2-4,7-8H2,1H3,(H,13,14). The highest BCUT2D eigenvalue weighted by Gasteiger charge is 2.30. The molecule has 1 fully saturated rings. The zero-order valence-electron chi connectivity index (χ0n) is 10.5. The van der Waals surface area contributed by atoms with Crippen molar-refractivity contribution in [3.8, 4) is 0 Å². The van der Waals surface area contributed by atoms with E-state index < -0.39 is 5.54 Å². The van der Waals surface area contributed by atoms with Gasteiger partial charge in [0, 0.05) is 18.4 Å². The maximum atomic E-state index is 12.2. The van der Waals surface area contributed by atoms with Crippen LogP contribution in [0.2, 0.25) is 0 Å². The van der Waals surface area contributed by atoms with Gasteiger partial charge in [-0.3, -0.25) is 4.79 Å². The minimum absolute atomic E-state index is 0.189. The molecule has 1 aromatic heterocycles. The highest BCUT2D eigenvalue weighted by Crippen LogP contribution is 2.33. The number of aliphatic hydroxyl groups excluding tert-OH is 2. The van der Waals surface area contributed by atoms with E-state index in [1.165, 1.54) is 0 Å². The number of nitrogens with one attached hydrogen (secondary N) is 1. The minimum atomic E-state index is -0.894. The van der Waals surface area contributed by atoms with E-state index in [9.17, 15) is 15.0 Å². The van der Waals surface area contributed by atoms with Crippen LogP contribution >= 0.6 is 0 Å². The SMILES string of the molecule is CCC(CO)(CO)Nc1nccn(C2CC2)c1=O. The average molecular weight is 253 g/mol. The summed E-state index contributed by atoms with van der Waals surface area (Å²) in [5.74, 6) is 0.189. The molecule has 0 spiro atoms. The molecule has 3 N–H and O–H groups in total. The zero-order valence-corrected chi connectivity index (χ0v) is 10.5. The average Bonchev–Trinajstić information content (AvgIpc) is 3.22. The molecular weight excluding hydrogens is 234 g/mol. The summed E-state index contributed by atoms with van der Waals surface area (Å²) in [4.78, 5) is 16.2. The molecule has 0 unspecified atom stereocenters. The highest BCUT2D eigenvalue weighted by molar-refractivity contribution is 5.35. The molecule has 1 aromatic rings. The lowest BCUT2D eigenvalue weighted by atomic mass is 9.99. The Kier molecular flexibility index (Phi) is 3.68. The lowest BCUT2D eigenvalue weighted by Crippen LogP contribution is -2.47. The normalized spacial score (nSPS) is 15.7. The number of hydrogen-bond donors (Lipinski definition) is 3. The smallest absolute Gasteiger partial charge is 0.293 e. The Morgan fingerprint density at radius 3 is 2.67 bits per heavy atom. The molecule has 1 saturated carbocycles. The topological polar surface area (TPSA) is 87.4 Å². The molecule has 18 heavy (non-hydrogen) atoms. The third-order valence-corrected chi connectivity index (χ3v) is 3.47. The second-order valence-electron chi connectivity index (χ2n) is 4.79. The summed E-state index contributed by atoms with van der Waals surface area (Å²) in [5.41, 5.74) is -1.09. The van der Waals surface area contributed by atoms with Crippen LogP contribution in [0.5, 0.6) is 0 Å². The van der Waals surface area contributed by atoms with Gasteiger partial charge < -0.3 is 20.1 Å². The molecule has 1 heterocycles. The zero-order chi connectivity index (χ0) is 13.2. The van der Waals surface area contributed by atoms with Crippen LogP contribution in [0.25, 0.3) is 0 Å². The summed E-state index contributed by atoms with van der Waals surface area (Å²) in [5, 5.41) is 21.6. The number of hydrogen-bond acceptors (Lipinski definition) is 5. The number of aliphatic hydroxyl groups is 2. The molecular formula is C12H19N3O3. The summed E-state index contributed by atoms with van der Waals surface area (Å²) in [6.45, 7) is 1.33. The van der Waals surface area contributed by atoms with Crippen LogP contribution in [0, 0.1) is 0 Å². The van der Waals surface area contributed by atoms with Crippen LogP contribution in [-0.4, -0.2) is 38.5 Å². The maximum Gasteiger partial charge on any atom is 0.293 e.